The van der Waals surface area contributed by atoms with E-state index in [0.717, 1.165) is 4.88 Å². The smallest absolute Gasteiger partial charge is 0.207 e. The van der Waals surface area contributed by atoms with Crippen molar-refractivity contribution in [2.75, 3.05) is 6.54 Å². The van der Waals surface area contributed by atoms with Crippen LogP contribution >= 0.6 is 11.3 Å². The van der Waals surface area contributed by atoms with Crippen LogP contribution in [0.25, 0.3) is 0 Å². The van der Waals surface area contributed by atoms with Gasteiger partial charge in [0.2, 0.25) is 10.0 Å². The van der Waals surface area contributed by atoms with E-state index in [-0.39, 0.29) is 0 Å². The lowest BCUT2D eigenvalue weighted by molar-refractivity contribution is 0.426. The van der Waals surface area contributed by atoms with Gasteiger partial charge >= 0.3 is 0 Å². The first-order valence-electron chi connectivity index (χ1n) is 5.72. The van der Waals surface area contributed by atoms with Crippen LogP contribution in [0.4, 0.5) is 0 Å². The molecular formula is C13H15NO2S2. The second-order valence-electron chi connectivity index (χ2n) is 3.82. The highest BCUT2D eigenvalue weighted by Crippen LogP contribution is 2.19. The molecule has 0 radical (unpaired) electrons. The van der Waals surface area contributed by atoms with Crippen molar-refractivity contribution >= 4 is 21.4 Å². The quantitative estimate of drug-likeness (QED) is 0.845. The fourth-order valence-electron chi connectivity index (χ4n) is 1.68. The lowest BCUT2D eigenvalue weighted by Crippen LogP contribution is -2.30. The van der Waals surface area contributed by atoms with Crippen LogP contribution in [0.1, 0.15) is 11.8 Å². The Morgan fingerprint density at radius 2 is 1.83 bits per heavy atom. The van der Waals surface area contributed by atoms with Gasteiger partial charge in [-0.1, -0.05) is 31.2 Å². The van der Waals surface area contributed by atoms with Crippen LogP contribution in [0.5, 0.6) is 0 Å². The first-order valence-corrected chi connectivity index (χ1v) is 8.04. The number of thiophene rings is 1. The molecule has 0 fully saturated rings. The summed E-state index contributed by atoms with van der Waals surface area (Å²) >= 11 is 1.57. The first kappa shape index (κ1) is 13.3. The molecular weight excluding hydrogens is 266 g/mol. The maximum absolute atomic E-state index is 12.4. The molecule has 0 N–H and O–H groups in total. The molecule has 1 aromatic heterocycles. The van der Waals surface area contributed by atoms with Gasteiger partial charge in [-0.15, -0.1) is 11.3 Å². The zero-order chi connectivity index (χ0) is 13.0. The lowest BCUT2D eigenvalue weighted by Gasteiger charge is -2.19. The van der Waals surface area contributed by atoms with Crippen molar-refractivity contribution in [3.63, 3.8) is 0 Å². The number of sulfonamides is 1. The van der Waals surface area contributed by atoms with Crippen LogP contribution in [0.15, 0.2) is 52.7 Å². The molecule has 0 bridgehead atoms. The van der Waals surface area contributed by atoms with Gasteiger partial charge in [0.1, 0.15) is 0 Å². The zero-order valence-corrected chi connectivity index (χ0v) is 11.7. The zero-order valence-electron chi connectivity index (χ0n) is 10.1. The van der Waals surface area contributed by atoms with Crippen molar-refractivity contribution in [1.82, 2.24) is 4.31 Å². The number of nitrogens with zero attached hydrogens (tertiary/aromatic N) is 1. The van der Waals surface area contributed by atoms with Crippen LogP contribution in [-0.4, -0.2) is 19.3 Å². The van der Waals surface area contributed by atoms with E-state index in [4.69, 9.17) is 0 Å². The summed E-state index contributed by atoms with van der Waals surface area (Å²) in [5, 5.41) is 1.96. The summed E-state index contributed by atoms with van der Waals surface area (Å²) in [5.41, 5.74) is 0. The van der Waals surface area contributed by atoms with Crippen molar-refractivity contribution in [1.29, 1.82) is 0 Å². The fraction of sp³-hybridized carbons (Fsp3) is 0.231. The summed E-state index contributed by atoms with van der Waals surface area (Å²) in [6.45, 7) is 2.76. The Labute approximate surface area is 112 Å². The maximum Gasteiger partial charge on any atom is 0.243 e. The average Bonchev–Trinajstić information content (AvgIpc) is 2.89. The Balaban J connectivity index is 2.27. The predicted octanol–water partition coefficient (Wildman–Crippen LogP) is 2.96. The van der Waals surface area contributed by atoms with Gasteiger partial charge in [-0.05, 0) is 23.6 Å². The summed E-state index contributed by atoms with van der Waals surface area (Å²) in [4.78, 5) is 1.40. The van der Waals surface area contributed by atoms with Gasteiger partial charge in [-0.25, -0.2) is 8.42 Å². The largest absolute Gasteiger partial charge is 0.243 e. The average molecular weight is 281 g/mol. The van der Waals surface area contributed by atoms with Gasteiger partial charge in [0.25, 0.3) is 0 Å². The Bertz CT molecular complexity index is 577. The molecule has 3 nitrogen and oxygen atoms in total. The van der Waals surface area contributed by atoms with Crippen molar-refractivity contribution in [2.45, 2.75) is 18.4 Å². The molecule has 0 amide bonds. The van der Waals surface area contributed by atoms with Gasteiger partial charge in [-0.2, -0.15) is 4.31 Å². The summed E-state index contributed by atoms with van der Waals surface area (Å²) in [6, 6.07) is 12.4. The molecule has 0 saturated heterocycles. The number of hydrogen-bond donors (Lipinski definition) is 0. The molecule has 0 spiro atoms. The highest BCUT2D eigenvalue weighted by Gasteiger charge is 2.22. The molecule has 0 unspecified atom stereocenters. The standard InChI is InChI=1S/C13H15NO2S2/c1-2-14(11-12-7-6-10-17-12)18(15,16)13-8-4-3-5-9-13/h3-10H,2,11H2,1H3. The second kappa shape index (κ2) is 5.65. The van der Waals surface area contributed by atoms with E-state index < -0.39 is 10.0 Å². The molecule has 96 valence electrons. The van der Waals surface area contributed by atoms with Crippen molar-refractivity contribution in [3.8, 4) is 0 Å². The Hall–Kier alpha value is -1.17. The normalized spacial score (nSPS) is 11.9. The molecule has 1 aromatic carbocycles. The van der Waals surface area contributed by atoms with Crippen LogP contribution in [0.3, 0.4) is 0 Å². The van der Waals surface area contributed by atoms with E-state index >= 15 is 0 Å². The minimum Gasteiger partial charge on any atom is -0.207 e. The second-order valence-corrected chi connectivity index (χ2v) is 6.79. The maximum atomic E-state index is 12.4. The SMILES string of the molecule is CCN(Cc1cccs1)S(=O)(=O)c1ccccc1. The molecule has 5 heteroatoms. The van der Waals surface area contributed by atoms with Crippen molar-refractivity contribution in [2.24, 2.45) is 0 Å². The topological polar surface area (TPSA) is 37.4 Å². The fourth-order valence-corrected chi connectivity index (χ4v) is 3.93. The molecule has 0 aliphatic carbocycles. The third-order valence-corrected chi connectivity index (χ3v) is 5.44. The van der Waals surface area contributed by atoms with Crippen LogP contribution in [-0.2, 0) is 16.6 Å². The third kappa shape index (κ3) is 2.80. The minimum atomic E-state index is -3.39. The molecule has 0 saturated carbocycles. The summed E-state index contributed by atoms with van der Waals surface area (Å²) in [5.74, 6) is 0. The highest BCUT2D eigenvalue weighted by molar-refractivity contribution is 7.89. The van der Waals surface area contributed by atoms with Gasteiger partial charge in [-0.3, -0.25) is 0 Å². The van der Waals surface area contributed by atoms with E-state index in [9.17, 15) is 8.42 Å². The molecule has 18 heavy (non-hydrogen) atoms. The monoisotopic (exact) mass is 281 g/mol. The molecule has 1 heterocycles. The van der Waals surface area contributed by atoms with Gasteiger partial charge in [0.15, 0.2) is 0 Å². The van der Waals surface area contributed by atoms with Crippen LogP contribution < -0.4 is 0 Å². The summed E-state index contributed by atoms with van der Waals surface area (Å²) in [7, 11) is -3.39. The van der Waals surface area contributed by atoms with Gasteiger partial charge < -0.3 is 0 Å². The van der Waals surface area contributed by atoms with E-state index in [1.807, 2.05) is 30.5 Å². The van der Waals surface area contributed by atoms with E-state index in [1.165, 1.54) is 4.31 Å². The minimum absolute atomic E-state index is 0.350. The predicted molar refractivity (Wildman–Crippen MR) is 74.0 cm³/mol. The number of rotatable bonds is 5. The van der Waals surface area contributed by atoms with Crippen molar-refractivity contribution in [3.05, 3.63) is 52.7 Å². The third-order valence-electron chi connectivity index (χ3n) is 2.65. The Morgan fingerprint density at radius 1 is 1.11 bits per heavy atom. The number of hydrogen-bond acceptors (Lipinski definition) is 3. The first-order chi connectivity index (χ1) is 8.64. The van der Waals surface area contributed by atoms with E-state index in [1.54, 1.807) is 35.6 Å². The summed E-state index contributed by atoms with van der Waals surface area (Å²) < 4.78 is 26.3. The highest BCUT2D eigenvalue weighted by atomic mass is 32.2. The lowest BCUT2D eigenvalue weighted by atomic mass is 10.4. The van der Waals surface area contributed by atoms with Gasteiger partial charge in [0, 0.05) is 18.0 Å². The van der Waals surface area contributed by atoms with Crippen LogP contribution in [0, 0.1) is 0 Å². The molecule has 0 atom stereocenters. The van der Waals surface area contributed by atoms with Gasteiger partial charge in [0.05, 0.1) is 4.90 Å². The molecule has 0 aliphatic rings. The van der Waals surface area contributed by atoms with Crippen molar-refractivity contribution < 1.29 is 8.42 Å². The Morgan fingerprint density at radius 3 is 2.39 bits per heavy atom. The van der Waals surface area contributed by atoms with Crippen LogP contribution in [0.2, 0.25) is 0 Å². The van der Waals surface area contributed by atoms with E-state index in [0.29, 0.717) is 18.0 Å². The summed E-state index contributed by atoms with van der Waals surface area (Å²) in [6.07, 6.45) is 0. The molecule has 2 aromatic rings. The number of benzene rings is 1. The molecule has 0 aliphatic heterocycles. The molecule has 2 rings (SSSR count). The van der Waals surface area contributed by atoms with E-state index in [2.05, 4.69) is 0 Å². The Kier molecular flexibility index (Phi) is 4.16.